The molecule has 102 valence electrons. The monoisotopic (exact) mass is 259 g/mol. The van der Waals surface area contributed by atoms with Crippen molar-refractivity contribution in [3.05, 3.63) is 48.6 Å². The van der Waals surface area contributed by atoms with Crippen molar-refractivity contribution in [1.82, 2.24) is 4.90 Å². The van der Waals surface area contributed by atoms with Crippen LogP contribution in [0.5, 0.6) is 0 Å². The van der Waals surface area contributed by atoms with Crippen molar-refractivity contribution < 1.29 is 9.90 Å². The molecule has 1 N–H and O–H groups in total. The SMILES string of the molecule is C=CCC1(CO)CCCN(Cc2ccccc2)C1=O. The Morgan fingerprint density at radius 3 is 2.74 bits per heavy atom. The molecule has 1 aliphatic heterocycles. The maximum absolute atomic E-state index is 12.6. The number of piperidine rings is 1. The second kappa shape index (κ2) is 6.02. The highest BCUT2D eigenvalue weighted by molar-refractivity contribution is 5.83. The van der Waals surface area contributed by atoms with Gasteiger partial charge in [-0.1, -0.05) is 36.4 Å². The number of allylic oxidation sites excluding steroid dienone is 1. The van der Waals surface area contributed by atoms with Gasteiger partial charge < -0.3 is 10.0 Å². The average molecular weight is 259 g/mol. The van der Waals surface area contributed by atoms with Crippen molar-refractivity contribution in [3.63, 3.8) is 0 Å². The Hall–Kier alpha value is -1.61. The lowest BCUT2D eigenvalue weighted by molar-refractivity contribution is -0.149. The minimum Gasteiger partial charge on any atom is -0.395 e. The van der Waals surface area contributed by atoms with Crippen molar-refractivity contribution in [2.45, 2.75) is 25.8 Å². The van der Waals surface area contributed by atoms with Crippen LogP contribution in [0.4, 0.5) is 0 Å². The van der Waals surface area contributed by atoms with Gasteiger partial charge >= 0.3 is 0 Å². The largest absolute Gasteiger partial charge is 0.395 e. The van der Waals surface area contributed by atoms with Crippen LogP contribution in [0.3, 0.4) is 0 Å². The number of carbonyl (C=O) groups excluding carboxylic acids is 1. The predicted molar refractivity (Wildman–Crippen MR) is 75.4 cm³/mol. The van der Waals surface area contributed by atoms with Crippen LogP contribution in [0.2, 0.25) is 0 Å². The third kappa shape index (κ3) is 2.87. The van der Waals surface area contributed by atoms with Gasteiger partial charge in [0, 0.05) is 13.1 Å². The molecule has 1 saturated heterocycles. The molecule has 1 aromatic rings. The first-order valence-corrected chi connectivity index (χ1v) is 6.77. The van der Waals surface area contributed by atoms with E-state index in [2.05, 4.69) is 6.58 Å². The molecule has 0 spiro atoms. The number of hydrogen-bond acceptors (Lipinski definition) is 2. The summed E-state index contributed by atoms with van der Waals surface area (Å²) >= 11 is 0. The Morgan fingerprint density at radius 2 is 2.11 bits per heavy atom. The molecule has 3 nitrogen and oxygen atoms in total. The molecule has 0 bridgehead atoms. The van der Waals surface area contributed by atoms with Crippen molar-refractivity contribution in [3.8, 4) is 0 Å². The van der Waals surface area contributed by atoms with Gasteiger partial charge in [0.25, 0.3) is 0 Å². The minimum absolute atomic E-state index is 0.0602. The van der Waals surface area contributed by atoms with E-state index in [0.717, 1.165) is 24.9 Å². The summed E-state index contributed by atoms with van der Waals surface area (Å²) < 4.78 is 0. The van der Waals surface area contributed by atoms with Crippen molar-refractivity contribution in [1.29, 1.82) is 0 Å². The highest BCUT2D eigenvalue weighted by Gasteiger charge is 2.42. The second-order valence-electron chi connectivity index (χ2n) is 5.25. The standard InChI is InChI=1S/C16H21NO2/c1-2-9-16(13-18)10-6-11-17(15(16)19)12-14-7-4-3-5-8-14/h2-5,7-8,18H,1,6,9-13H2. The van der Waals surface area contributed by atoms with Gasteiger partial charge in [-0.05, 0) is 24.8 Å². The summed E-state index contributed by atoms with van der Waals surface area (Å²) in [6.07, 6.45) is 3.97. The topological polar surface area (TPSA) is 40.5 Å². The van der Waals surface area contributed by atoms with E-state index < -0.39 is 5.41 Å². The molecule has 0 radical (unpaired) electrons. The molecule has 2 rings (SSSR count). The average Bonchev–Trinajstić information content (AvgIpc) is 2.45. The first kappa shape index (κ1) is 13.8. The van der Waals surface area contributed by atoms with Crippen molar-refractivity contribution in [2.75, 3.05) is 13.2 Å². The number of rotatable bonds is 5. The van der Waals surface area contributed by atoms with Crippen LogP contribution in [0.15, 0.2) is 43.0 Å². The van der Waals surface area contributed by atoms with Crippen LogP contribution in [0.25, 0.3) is 0 Å². The zero-order chi connectivity index (χ0) is 13.7. The van der Waals surface area contributed by atoms with Crippen LogP contribution >= 0.6 is 0 Å². The van der Waals surface area contributed by atoms with E-state index in [-0.39, 0.29) is 12.5 Å². The van der Waals surface area contributed by atoms with Gasteiger partial charge in [0.05, 0.1) is 12.0 Å². The van der Waals surface area contributed by atoms with Gasteiger partial charge in [-0.25, -0.2) is 0 Å². The normalized spacial score (nSPS) is 23.4. The predicted octanol–water partition coefficient (Wildman–Crippen LogP) is 2.36. The smallest absolute Gasteiger partial charge is 0.231 e. The van der Waals surface area contributed by atoms with Crippen LogP contribution < -0.4 is 0 Å². The van der Waals surface area contributed by atoms with Gasteiger partial charge in [-0.2, -0.15) is 0 Å². The zero-order valence-corrected chi connectivity index (χ0v) is 11.2. The fourth-order valence-electron chi connectivity index (χ4n) is 2.78. The molecule has 1 aromatic carbocycles. The van der Waals surface area contributed by atoms with E-state index >= 15 is 0 Å². The number of nitrogens with zero attached hydrogens (tertiary/aromatic N) is 1. The maximum atomic E-state index is 12.6. The zero-order valence-electron chi connectivity index (χ0n) is 11.2. The Balaban J connectivity index is 2.14. The van der Waals surface area contributed by atoms with Crippen molar-refractivity contribution in [2.24, 2.45) is 5.41 Å². The first-order valence-electron chi connectivity index (χ1n) is 6.77. The number of aliphatic hydroxyl groups excluding tert-OH is 1. The molecule has 1 amide bonds. The van der Waals surface area contributed by atoms with E-state index in [1.54, 1.807) is 6.08 Å². The molecule has 1 heterocycles. The summed E-state index contributed by atoms with van der Waals surface area (Å²) in [5.41, 5.74) is 0.484. The summed E-state index contributed by atoms with van der Waals surface area (Å²) in [5, 5.41) is 9.63. The van der Waals surface area contributed by atoms with Gasteiger partial charge in [0.15, 0.2) is 0 Å². The highest BCUT2D eigenvalue weighted by atomic mass is 16.3. The van der Waals surface area contributed by atoms with E-state index in [1.807, 2.05) is 35.2 Å². The van der Waals surface area contributed by atoms with E-state index in [9.17, 15) is 9.90 Å². The number of likely N-dealkylation sites (tertiary alicyclic amines) is 1. The Bertz CT molecular complexity index is 443. The molecule has 0 aromatic heterocycles. The van der Waals surface area contributed by atoms with Crippen LogP contribution in [-0.4, -0.2) is 29.1 Å². The molecule has 0 saturated carbocycles. The van der Waals surface area contributed by atoms with E-state index in [4.69, 9.17) is 0 Å². The number of aliphatic hydroxyl groups is 1. The lowest BCUT2D eigenvalue weighted by Gasteiger charge is -2.40. The number of carbonyl (C=O) groups is 1. The molecule has 1 unspecified atom stereocenters. The van der Waals surface area contributed by atoms with Crippen LogP contribution in [0, 0.1) is 5.41 Å². The lowest BCUT2D eigenvalue weighted by atomic mass is 9.77. The second-order valence-corrected chi connectivity index (χ2v) is 5.25. The van der Waals surface area contributed by atoms with E-state index in [1.165, 1.54) is 0 Å². The van der Waals surface area contributed by atoms with Crippen LogP contribution in [0.1, 0.15) is 24.8 Å². The molecule has 1 fully saturated rings. The summed E-state index contributed by atoms with van der Waals surface area (Å²) in [6, 6.07) is 9.98. The van der Waals surface area contributed by atoms with Crippen molar-refractivity contribution >= 4 is 5.91 Å². The van der Waals surface area contributed by atoms with Gasteiger partial charge in [-0.15, -0.1) is 6.58 Å². The minimum atomic E-state index is -0.644. The van der Waals surface area contributed by atoms with Gasteiger partial charge in [0.1, 0.15) is 0 Å². The number of benzene rings is 1. The van der Waals surface area contributed by atoms with Crippen LogP contribution in [-0.2, 0) is 11.3 Å². The molecule has 1 aliphatic rings. The Labute approximate surface area is 114 Å². The highest BCUT2D eigenvalue weighted by Crippen LogP contribution is 2.35. The third-order valence-corrected chi connectivity index (χ3v) is 3.88. The maximum Gasteiger partial charge on any atom is 0.231 e. The third-order valence-electron chi connectivity index (χ3n) is 3.88. The quantitative estimate of drug-likeness (QED) is 0.825. The van der Waals surface area contributed by atoms with Gasteiger partial charge in [0.2, 0.25) is 5.91 Å². The Morgan fingerprint density at radius 1 is 1.37 bits per heavy atom. The fourth-order valence-corrected chi connectivity index (χ4v) is 2.78. The molecule has 19 heavy (non-hydrogen) atoms. The lowest BCUT2D eigenvalue weighted by Crippen LogP contribution is -2.50. The number of amides is 1. The number of hydrogen-bond donors (Lipinski definition) is 1. The summed E-state index contributed by atoms with van der Waals surface area (Å²) in [6.45, 7) is 5.01. The summed E-state index contributed by atoms with van der Waals surface area (Å²) in [5.74, 6) is 0.0602. The molecule has 1 atom stereocenters. The van der Waals surface area contributed by atoms with E-state index in [0.29, 0.717) is 13.0 Å². The molecular weight excluding hydrogens is 238 g/mol. The Kier molecular flexibility index (Phi) is 4.38. The summed E-state index contributed by atoms with van der Waals surface area (Å²) in [7, 11) is 0. The molecular formula is C16H21NO2. The summed E-state index contributed by atoms with van der Waals surface area (Å²) in [4.78, 5) is 14.5. The molecule has 0 aliphatic carbocycles. The first-order chi connectivity index (χ1) is 9.22. The molecule has 3 heteroatoms. The fraction of sp³-hybridized carbons (Fsp3) is 0.438. The van der Waals surface area contributed by atoms with Gasteiger partial charge in [-0.3, -0.25) is 4.79 Å².